The molecule has 112 valence electrons. The number of hydrogen-bond donors (Lipinski definition) is 1. The van der Waals surface area contributed by atoms with Crippen LogP contribution in [0.1, 0.15) is 25.7 Å². The molecular formula is C15H17BrN2O3. The molecule has 5 nitrogen and oxygen atoms in total. The van der Waals surface area contributed by atoms with Crippen LogP contribution in [0.5, 0.6) is 11.5 Å². The van der Waals surface area contributed by atoms with Crippen molar-refractivity contribution in [2.24, 2.45) is 0 Å². The highest BCUT2D eigenvalue weighted by Gasteiger charge is 2.23. The van der Waals surface area contributed by atoms with Crippen molar-refractivity contribution in [3.63, 3.8) is 0 Å². The van der Waals surface area contributed by atoms with Gasteiger partial charge in [0.15, 0.2) is 11.5 Å². The Morgan fingerprint density at radius 1 is 1.29 bits per heavy atom. The Hall–Kier alpha value is -1.69. The van der Waals surface area contributed by atoms with Gasteiger partial charge in [-0.15, -0.1) is 0 Å². The molecule has 1 aliphatic rings. The van der Waals surface area contributed by atoms with Crippen LogP contribution in [0, 0.1) is 0 Å². The number of anilines is 1. The molecule has 1 saturated carbocycles. The number of nitrogen functional groups attached to an aromatic ring is 1. The van der Waals surface area contributed by atoms with Crippen LogP contribution in [-0.2, 0) is 0 Å². The number of benzene rings is 1. The van der Waals surface area contributed by atoms with E-state index >= 15 is 0 Å². The normalized spacial score (nSPS) is 15.3. The highest BCUT2D eigenvalue weighted by Crippen LogP contribution is 2.42. The molecule has 0 bridgehead atoms. The average Bonchev–Trinajstić information content (AvgIpc) is 3.11. The van der Waals surface area contributed by atoms with Gasteiger partial charge in [-0.2, -0.15) is 0 Å². The van der Waals surface area contributed by atoms with Gasteiger partial charge in [0, 0.05) is 10.5 Å². The lowest BCUT2D eigenvalue weighted by Gasteiger charge is -2.18. The minimum absolute atomic E-state index is 0.225. The number of methoxy groups -OCH3 is 1. The first-order valence-electron chi connectivity index (χ1n) is 6.94. The van der Waals surface area contributed by atoms with Gasteiger partial charge in [0.25, 0.3) is 0 Å². The van der Waals surface area contributed by atoms with Crippen LogP contribution in [0.2, 0.25) is 0 Å². The van der Waals surface area contributed by atoms with E-state index < -0.39 is 0 Å². The van der Waals surface area contributed by atoms with Crippen LogP contribution in [0.4, 0.5) is 5.88 Å². The van der Waals surface area contributed by atoms with Crippen LogP contribution in [0.25, 0.3) is 11.3 Å². The Morgan fingerprint density at radius 2 is 2.05 bits per heavy atom. The van der Waals surface area contributed by atoms with Gasteiger partial charge in [-0.05, 0) is 37.8 Å². The number of halogens is 1. The molecule has 1 heterocycles. The summed E-state index contributed by atoms with van der Waals surface area (Å²) < 4.78 is 17.5. The molecule has 21 heavy (non-hydrogen) atoms. The second-order valence-corrected chi connectivity index (χ2v) is 6.04. The number of nitrogens with two attached hydrogens (primary N) is 1. The molecule has 0 radical (unpaired) electrons. The number of aromatic nitrogens is 1. The summed E-state index contributed by atoms with van der Waals surface area (Å²) in [4.78, 5) is 0. The summed E-state index contributed by atoms with van der Waals surface area (Å²) in [7, 11) is 1.63. The molecule has 6 heteroatoms. The molecule has 1 aliphatic carbocycles. The first-order valence-corrected chi connectivity index (χ1v) is 7.73. The minimum atomic E-state index is 0.225. The van der Waals surface area contributed by atoms with Gasteiger partial charge in [0.05, 0.1) is 18.8 Å². The Balaban J connectivity index is 2.05. The summed E-state index contributed by atoms with van der Waals surface area (Å²) in [6.07, 6.45) is 4.77. The lowest BCUT2D eigenvalue weighted by molar-refractivity contribution is 0.201. The molecule has 3 rings (SSSR count). The van der Waals surface area contributed by atoms with Crippen molar-refractivity contribution in [3.05, 3.63) is 22.7 Å². The fourth-order valence-corrected chi connectivity index (χ4v) is 3.06. The molecule has 2 N–H and O–H groups in total. The summed E-state index contributed by atoms with van der Waals surface area (Å²) in [6, 6.07) is 5.50. The lowest BCUT2D eigenvalue weighted by atomic mass is 10.1. The fourth-order valence-electron chi connectivity index (χ4n) is 2.62. The monoisotopic (exact) mass is 352 g/mol. The van der Waals surface area contributed by atoms with Gasteiger partial charge in [0.2, 0.25) is 5.88 Å². The number of rotatable bonds is 4. The molecule has 2 aromatic rings. The van der Waals surface area contributed by atoms with Crippen molar-refractivity contribution < 1.29 is 14.0 Å². The van der Waals surface area contributed by atoms with Gasteiger partial charge >= 0.3 is 0 Å². The Kier molecular flexibility index (Phi) is 4.05. The first-order chi connectivity index (χ1) is 10.2. The van der Waals surface area contributed by atoms with E-state index in [0.29, 0.717) is 17.2 Å². The SMILES string of the molecule is COc1cc(Br)cc(-c2cc(N)on2)c1OC1CCCC1. The van der Waals surface area contributed by atoms with Gasteiger partial charge in [0.1, 0.15) is 5.69 Å². The summed E-state index contributed by atoms with van der Waals surface area (Å²) in [6.45, 7) is 0. The second kappa shape index (κ2) is 5.97. The average molecular weight is 353 g/mol. The number of nitrogens with zero attached hydrogens (tertiary/aromatic N) is 1. The van der Waals surface area contributed by atoms with Crippen LogP contribution in [0.3, 0.4) is 0 Å². The first kappa shape index (κ1) is 14.3. The third-order valence-corrected chi connectivity index (χ3v) is 4.09. The van der Waals surface area contributed by atoms with Crippen molar-refractivity contribution in [3.8, 4) is 22.8 Å². The van der Waals surface area contributed by atoms with E-state index in [4.69, 9.17) is 19.7 Å². The van der Waals surface area contributed by atoms with Crippen LogP contribution in [-0.4, -0.2) is 18.4 Å². The molecule has 0 saturated heterocycles. The summed E-state index contributed by atoms with van der Waals surface area (Å²) in [5, 5.41) is 3.98. The third-order valence-electron chi connectivity index (χ3n) is 3.63. The Labute approximate surface area is 131 Å². The standard InChI is InChI=1S/C15H17BrN2O3/c1-19-13-7-9(16)6-11(12-8-14(17)21-18-12)15(13)20-10-4-2-3-5-10/h6-8,10H,2-5,17H2,1H3. The van der Waals surface area contributed by atoms with Crippen molar-refractivity contribution >= 4 is 21.8 Å². The molecule has 1 aromatic heterocycles. The molecule has 0 atom stereocenters. The van der Waals surface area contributed by atoms with Crippen molar-refractivity contribution in [1.82, 2.24) is 5.16 Å². The zero-order valence-electron chi connectivity index (χ0n) is 11.8. The van der Waals surface area contributed by atoms with E-state index in [9.17, 15) is 0 Å². The Bertz CT molecular complexity index is 636. The second-order valence-electron chi connectivity index (χ2n) is 5.12. The number of hydrogen-bond acceptors (Lipinski definition) is 5. The predicted octanol–water partition coefficient (Wildman–Crippen LogP) is 4.02. The minimum Gasteiger partial charge on any atom is -0.493 e. The molecule has 0 spiro atoms. The van der Waals surface area contributed by atoms with Crippen molar-refractivity contribution in [2.45, 2.75) is 31.8 Å². The van der Waals surface area contributed by atoms with E-state index in [1.54, 1.807) is 13.2 Å². The largest absolute Gasteiger partial charge is 0.493 e. The molecule has 1 fully saturated rings. The van der Waals surface area contributed by atoms with Crippen molar-refractivity contribution in [2.75, 3.05) is 12.8 Å². The highest BCUT2D eigenvalue weighted by molar-refractivity contribution is 9.10. The molecule has 0 unspecified atom stereocenters. The zero-order chi connectivity index (χ0) is 14.8. The Morgan fingerprint density at radius 3 is 2.67 bits per heavy atom. The molecule has 1 aromatic carbocycles. The van der Waals surface area contributed by atoms with Gasteiger partial charge < -0.3 is 19.7 Å². The van der Waals surface area contributed by atoms with Gasteiger partial charge in [-0.1, -0.05) is 21.1 Å². The maximum atomic E-state index is 6.18. The topological polar surface area (TPSA) is 70.5 Å². The molecule has 0 amide bonds. The van der Waals surface area contributed by atoms with Crippen LogP contribution < -0.4 is 15.2 Å². The van der Waals surface area contributed by atoms with E-state index in [-0.39, 0.29) is 12.0 Å². The van der Waals surface area contributed by atoms with E-state index in [1.807, 2.05) is 12.1 Å². The summed E-state index contributed by atoms with van der Waals surface area (Å²) >= 11 is 3.48. The maximum Gasteiger partial charge on any atom is 0.222 e. The van der Waals surface area contributed by atoms with Gasteiger partial charge in [-0.25, -0.2) is 0 Å². The predicted molar refractivity (Wildman–Crippen MR) is 83.5 cm³/mol. The lowest BCUT2D eigenvalue weighted by Crippen LogP contribution is -2.12. The smallest absolute Gasteiger partial charge is 0.222 e. The highest BCUT2D eigenvalue weighted by atomic mass is 79.9. The summed E-state index contributed by atoms with van der Waals surface area (Å²) in [5.41, 5.74) is 7.08. The van der Waals surface area contributed by atoms with Crippen LogP contribution >= 0.6 is 15.9 Å². The van der Waals surface area contributed by atoms with E-state index in [1.165, 1.54) is 12.8 Å². The van der Waals surface area contributed by atoms with Crippen LogP contribution in [0.15, 0.2) is 27.2 Å². The van der Waals surface area contributed by atoms with Gasteiger partial charge in [-0.3, -0.25) is 0 Å². The fraction of sp³-hybridized carbons (Fsp3) is 0.400. The van der Waals surface area contributed by atoms with Crippen molar-refractivity contribution in [1.29, 1.82) is 0 Å². The van der Waals surface area contributed by atoms with E-state index in [2.05, 4.69) is 21.1 Å². The van der Waals surface area contributed by atoms with E-state index in [0.717, 1.165) is 22.9 Å². The summed E-state index contributed by atoms with van der Waals surface area (Å²) in [5.74, 6) is 1.64. The molecule has 0 aliphatic heterocycles. The third kappa shape index (κ3) is 3.00. The quantitative estimate of drug-likeness (QED) is 0.899. The maximum absolute atomic E-state index is 6.18. The molecular weight excluding hydrogens is 336 g/mol. The zero-order valence-corrected chi connectivity index (χ0v) is 13.4. The number of ether oxygens (including phenoxy) is 2.